The number of likely N-dealkylation sites (tertiary alicyclic amines) is 1. The minimum absolute atomic E-state index is 0.144. The molecule has 116 valence electrons. The summed E-state index contributed by atoms with van der Waals surface area (Å²) in [6.45, 7) is 2.55. The van der Waals surface area contributed by atoms with E-state index in [4.69, 9.17) is 0 Å². The Labute approximate surface area is 140 Å². The lowest BCUT2D eigenvalue weighted by molar-refractivity contribution is 0.213. The smallest absolute Gasteiger partial charge is 0.320 e. The first-order valence-corrected chi connectivity index (χ1v) is 8.56. The molecule has 1 saturated heterocycles. The zero-order valence-corrected chi connectivity index (χ0v) is 14.4. The average molecular weight is 384 g/mol. The fourth-order valence-corrected chi connectivity index (χ4v) is 3.45. The first kappa shape index (κ1) is 15.4. The van der Waals surface area contributed by atoms with Gasteiger partial charge in [0.25, 0.3) is 0 Å². The minimum Gasteiger partial charge on any atom is -0.320 e. The average Bonchev–Trinajstić information content (AvgIpc) is 3.06. The van der Waals surface area contributed by atoms with Gasteiger partial charge in [0.05, 0.1) is 6.54 Å². The highest BCUT2D eigenvalue weighted by Crippen LogP contribution is 2.16. The van der Waals surface area contributed by atoms with Crippen LogP contribution in [0.1, 0.15) is 11.3 Å². The predicted molar refractivity (Wildman–Crippen MR) is 88.1 cm³/mol. The standard InChI is InChI=1S/C15H15BrFN3OS/c1-10-8-20(13-4-2-11(16)3-5-13)15(22-10)18-14(21)19-7-6-12(17)9-19/h2-5,8,12H,6-7,9H2,1H3/t12-/m1/s1. The fraction of sp³-hybridized carbons (Fsp3) is 0.333. The van der Waals surface area contributed by atoms with Gasteiger partial charge in [-0.25, -0.2) is 9.18 Å². The van der Waals surface area contributed by atoms with E-state index >= 15 is 0 Å². The van der Waals surface area contributed by atoms with Crippen LogP contribution in [0.15, 0.2) is 39.9 Å². The summed E-state index contributed by atoms with van der Waals surface area (Å²) in [6.07, 6.45) is 1.42. The number of carbonyl (C=O) groups excluding carboxylic acids is 1. The normalized spacial score (nSPS) is 19.0. The Balaban J connectivity index is 1.95. The monoisotopic (exact) mass is 383 g/mol. The zero-order valence-electron chi connectivity index (χ0n) is 12.0. The summed E-state index contributed by atoms with van der Waals surface area (Å²) < 4.78 is 16.1. The van der Waals surface area contributed by atoms with Gasteiger partial charge in [0.1, 0.15) is 6.17 Å². The molecule has 0 aliphatic carbocycles. The summed E-state index contributed by atoms with van der Waals surface area (Å²) in [5.41, 5.74) is 0.934. The van der Waals surface area contributed by atoms with Gasteiger partial charge in [-0.3, -0.25) is 4.57 Å². The van der Waals surface area contributed by atoms with Crippen molar-refractivity contribution in [1.29, 1.82) is 0 Å². The number of aromatic nitrogens is 1. The van der Waals surface area contributed by atoms with Crippen LogP contribution in [0, 0.1) is 6.92 Å². The second-order valence-electron chi connectivity index (χ2n) is 5.20. The van der Waals surface area contributed by atoms with E-state index in [0.717, 1.165) is 15.0 Å². The number of nitrogens with zero attached hydrogens (tertiary/aromatic N) is 3. The van der Waals surface area contributed by atoms with Gasteiger partial charge in [0, 0.05) is 27.8 Å². The van der Waals surface area contributed by atoms with Gasteiger partial charge >= 0.3 is 6.03 Å². The largest absolute Gasteiger partial charge is 0.346 e. The number of amides is 2. The highest BCUT2D eigenvalue weighted by molar-refractivity contribution is 9.10. The maximum absolute atomic E-state index is 13.2. The van der Waals surface area contributed by atoms with Crippen LogP contribution < -0.4 is 4.80 Å². The van der Waals surface area contributed by atoms with Gasteiger partial charge in [0.15, 0.2) is 4.80 Å². The van der Waals surface area contributed by atoms with Gasteiger partial charge in [-0.1, -0.05) is 15.9 Å². The molecule has 1 atom stereocenters. The van der Waals surface area contributed by atoms with Gasteiger partial charge in [-0.15, -0.1) is 11.3 Å². The molecule has 1 aliphatic rings. The Morgan fingerprint density at radius 2 is 2.14 bits per heavy atom. The lowest BCUT2D eigenvalue weighted by atomic mass is 10.3. The molecule has 4 nitrogen and oxygen atoms in total. The molecule has 1 aromatic heterocycles. The molecular weight excluding hydrogens is 369 g/mol. The highest BCUT2D eigenvalue weighted by Gasteiger charge is 2.25. The summed E-state index contributed by atoms with van der Waals surface area (Å²) in [5, 5.41) is 0. The molecule has 7 heteroatoms. The van der Waals surface area contributed by atoms with Crippen LogP contribution in [0.25, 0.3) is 5.69 Å². The molecular formula is C15H15BrFN3OS. The number of hydrogen-bond acceptors (Lipinski definition) is 2. The number of hydrogen-bond donors (Lipinski definition) is 0. The van der Waals surface area contributed by atoms with Crippen molar-refractivity contribution in [2.45, 2.75) is 19.5 Å². The van der Waals surface area contributed by atoms with Gasteiger partial charge in [-0.2, -0.15) is 4.99 Å². The van der Waals surface area contributed by atoms with Gasteiger partial charge in [0.2, 0.25) is 0 Å². The van der Waals surface area contributed by atoms with E-state index in [1.54, 1.807) is 0 Å². The molecule has 0 saturated carbocycles. The van der Waals surface area contributed by atoms with Crippen LogP contribution >= 0.6 is 27.3 Å². The van der Waals surface area contributed by atoms with E-state index in [1.807, 2.05) is 42.0 Å². The zero-order chi connectivity index (χ0) is 15.7. The van der Waals surface area contributed by atoms with Crippen molar-refractivity contribution in [2.75, 3.05) is 13.1 Å². The van der Waals surface area contributed by atoms with Crippen LogP contribution in [-0.4, -0.2) is 34.8 Å². The third-order valence-corrected chi connectivity index (χ3v) is 4.89. The van der Waals surface area contributed by atoms with Crippen molar-refractivity contribution in [3.05, 3.63) is 44.6 Å². The summed E-state index contributed by atoms with van der Waals surface area (Å²) in [6, 6.07) is 7.41. The van der Waals surface area contributed by atoms with Crippen LogP contribution in [-0.2, 0) is 0 Å². The SMILES string of the molecule is Cc1cn(-c2ccc(Br)cc2)c(=NC(=O)N2CC[C@@H](F)C2)s1. The van der Waals surface area contributed by atoms with E-state index in [2.05, 4.69) is 20.9 Å². The predicted octanol–water partition coefficient (Wildman–Crippen LogP) is 3.67. The molecule has 2 amide bonds. The van der Waals surface area contributed by atoms with Crippen LogP contribution in [0.2, 0.25) is 0 Å². The lowest BCUT2D eigenvalue weighted by Crippen LogP contribution is -2.28. The summed E-state index contributed by atoms with van der Waals surface area (Å²) in [7, 11) is 0. The molecule has 0 spiro atoms. The Kier molecular flexibility index (Phi) is 4.44. The van der Waals surface area contributed by atoms with E-state index in [0.29, 0.717) is 17.8 Å². The third kappa shape index (κ3) is 3.30. The second-order valence-corrected chi connectivity index (χ2v) is 7.33. The first-order valence-electron chi connectivity index (χ1n) is 6.95. The van der Waals surface area contributed by atoms with Crippen molar-refractivity contribution in [3.8, 4) is 5.69 Å². The van der Waals surface area contributed by atoms with E-state index in [-0.39, 0.29) is 12.6 Å². The molecule has 0 unspecified atom stereocenters. The summed E-state index contributed by atoms with van der Waals surface area (Å²) >= 11 is 4.85. The molecule has 2 heterocycles. The lowest BCUT2D eigenvalue weighted by Gasteiger charge is -2.10. The first-order chi connectivity index (χ1) is 10.5. The summed E-state index contributed by atoms with van der Waals surface area (Å²) in [4.78, 5) is 19.5. The number of benzene rings is 1. The van der Waals surface area contributed by atoms with Gasteiger partial charge in [-0.05, 0) is 37.6 Å². The fourth-order valence-electron chi connectivity index (χ4n) is 2.36. The Bertz CT molecular complexity index is 753. The van der Waals surface area contributed by atoms with Crippen molar-refractivity contribution < 1.29 is 9.18 Å². The van der Waals surface area contributed by atoms with Crippen molar-refractivity contribution in [1.82, 2.24) is 9.47 Å². The maximum atomic E-state index is 13.2. The van der Waals surface area contributed by atoms with E-state index < -0.39 is 6.17 Å². The molecule has 1 aliphatic heterocycles. The number of alkyl halides is 1. The Morgan fingerprint density at radius 1 is 1.41 bits per heavy atom. The number of thiazole rings is 1. The van der Waals surface area contributed by atoms with Crippen LogP contribution in [0.3, 0.4) is 0 Å². The van der Waals surface area contributed by atoms with Crippen molar-refractivity contribution in [2.24, 2.45) is 4.99 Å². The molecule has 1 fully saturated rings. The quantitative estimate of drug-likeness (QED) is 0.739. The molecule has 0 N–H and O–H groups in total. The summed E-state index contributed by atoms with van der Waals surface area (Å²) in [5.74, 6) is 0. The van der Waals surface area contributed by atoms with Crippen LogP contribution in [0.5, 0.6) is 0 Å². The Morgan fingerprint density at radius 3 is 2.77 bits per heavy atom. The number of carbonyl (C=O) groups is 1. The molecule has 0 radical (unpaired) electrons. The number of urea groups is 1. The number of aryl methyl sites for hydroxylation is 1. The second kappa shape index (κ2) is 6.34. The topological polar surface area (TPSA) is 37.6 Å². The number of halogens is 2. The minimum atomic E-state index is -0.928. The maximum Gasteiger partial charge on any atom is 0.346 e. The third-order valence-electron chi connectivity index (χ3n) is 3.47. The van der Waals surface area contributed by atoms with Gasteiger partial charge < -0.3 is 4.90 Å². The molecule has 0 bridgehead atoms. The molecule has 1 aromatic carbocycles. The number of rotatable bonds is 1. The molecule has 2 aromatic rings. The Hall–Kier alpha value is -1.47. The van der Waals surface area contributed by atoms with Crippen molar-refractivity contribution >= 4 is 33.3 Å². The van der Waals surface area contributed by atoms with Crippen LogP contribution in [0.4, 0.5) is 9.18 Å². The van der Waals surface area contributed by atoms with Crippen molar-refractivity contribution in [3.63, 3.8) is 0 Å². The van der Waals surface area contributed by atoms with E-state index in [9.17, 15) is 9.18 Å². The molecule has 22 heavy (non-hydrogen) atoms. The highest BCUT2D eigenvalue weighted by atomic mass is 79.9. The molecule has 3 rings (SSSR count). The van der Waals surface area contributed by atoms with E-state index in [1.165, 1.54) is 16.2 Å².